The molecule has 3 rings (SSSR count). The quantitative estimate of drug-likeness (QED) is 0.472. The van der Waals surface area contributed by atoms with E-state index in [0.717, 1.165) is 33.9 Å². The van der Waals surface area contributed by atoms with Crippen molar-refractivity contribution in [2.24, 2.45) is 0 Å². The fourth-order valence-corrected chi connectivity index (χ4v) is 3.25. The minimum Gasteiger partial charge on any atom is -0.488 e. The van der Waals surface area contributed by atoms with E-state index < -0.39 is 6.16 Å². The maximum Gasteiger partial charge on any atom is 0.513 e. The molecule has 138 valence electrons. The van der Waals surface area contributed by atoms with E-state index in [1.54, 1.807) is 6.07 Å². The van der Waals surface area contributed by atoms with Crippen LogP contribution in [0.5, 0.6) is 11.5 Å². The van der Waals surface area contributed by atoms with Gasteiger partial charge in [0.2, 0.25) is 0 Å². The molecule has 0 spiro atoms. The third kappa shape index (κ3) is 4.13. The Labute approximate surface area is 159 Å². The van der Waals surface area contributed by atoms with E-state index in [9.17, 15) is 4.79 Å². The molecule has 0 saturated heterocycles. The topological polar surface area (TPSA) is 44.8 Å². The molecule has 0 aliphatic heterocycles. The summed E-state index contributed by atoms with van der Waals surface area (Å²) in [5.74, 6) is 1.80. The summed E-state index contributed by atoms with van der Waals surface area (Å²) in [5, 5.41) is 0.725. The van der Waals surface area contributed by atoms with Crippen molar-refractivity contribution in [1.29, 1.82) is 0 Å². The summed E-state index contributed by atoms with van der Waals surface area (Å²) in [6.45, 7) is 4.35. The molecule has 2 aromatic carbocycles. The monoisotopic (exact) mass is 374 g/mol. The van der Waals surface area contributed by atoms with Crippen molar-refractivity contribution in [3.05, 3.63) is 57.6 Å². The third-order valence-corrected chi connectivity index (χ3v) is 5.03. The second kappa shape index (κ2) is 8.00. The first-order valence-electron chi connectivity index (χ1n) is 8.82. The first-order valence-corrected chi connectivity index (χ1v) is 9.20. The molecular weight excluding hydrogens is 352 g/mol. The summed E-state index contributed by atoms with van der Waals surface area (Å²) < 4.78 is 16.0. The van der Waals surface area contributed by atoms with E-state index in [4.69, 9.17) is 21.1 Å². The van der Waals surface area contributed by atoms with Crippen molar-refractivity contribution >= 4 is 17.8 Å². The van der Waals surface area contributed by atoms with Crippen molar-refractivity contribution in [3.8, 4) is 11.5 Å². The highest BCUT2D eigenvalue weighted by Gasteiger charge is 2.28. The Morgan fingerprint density at radius 2 is 2.00 bits per heavy atom. The van der Waals surface area contributed by atoms with Gasteiger partial charge in [0, 0.05) is 10.6 Å². The van der Waals surface area contributed by atoms with E-state index in [1.165, 1.54) is 25.5 Å². The molecule has 26 heavy (non-hydrogen) atoms. The minimum atomic E-state index is -0.745. The number of hydrogen-bond acceptors (Lipinski definition) is 4. The van der Waals surface area contributed by atoms with E-state index in [-0.39, 0.29) is 0 Å². The predicted octanol–water partition coefficient (Wildman–Crippen LogP) is 5.81. The van der Waals surface area contributed by atoms with E-state index in [2.05, 4.69) is 17.7 Å². The van der Waals surface area contributed by atoms with Gasteiger partial charge in [-0.25, -0.2) is 4.79 Å². The van der Waals surface area contributed by atoms with Crippen LogP contribution in [0.15, 0.2) is 30.3 Å². The van der Waals surface area contributed by atoms with Crippen molar-refractivity contribution < 1.29 is 19.0 Å². The van der Waals surface area contributed by atoms with Gasteiger partial charge in [0.05, 0.1) is 7.11 Å². The van der Waals surface area contributed by atoms with Gasteiger partial charge >= 0.3 is 6.16 Å². The maximum absolute atomic E-state index is 11.5. The fourth-order valence-electron chi connectivity index (χ4n) is 2.97. The Hall–Kier alpha value is -2.20. The number of carbonyl (C=O) groups excluding carboxylic acids is 1. The summed E-state index contributed by atoms with van der Waals surface area (Å²) in [4.78, 5) is 11.5. The average Bonchev–Trinajstić information content (AvgIpc) is 3.46. The van der Waals surface area contributed by atoms with E-state index >= 15 is 0 Å². The van der Waals surface area contributed by atoms with E-state index in [0.29, 0.717) is 18.3 Å². The van der Waals surface area contributed by atoms with Crippen molar-refractivity contribution in [1.82, 2.24) is 0 Å². The van der Waals surface area contributed by atoms with Crippen molar-refractivity contribution in [3.63, 3.8) is 0 Å². The summed E-state index contributed by atoms with van der Waals surface area (Å²) in [5.41, 5.74) is 4.16. The Balaban J connectivity index is 1.85. The standard InChI is InChI=1S/C21H23ClO4/c1-4-14-10-16(15-8-9-15)20(11-18(14)22)25-12-17-13(2)6-5-7-19(17)26-21(23)24-3/h5-7,10-11,15H,4,8-9,12H2,1-3H3. The Kier molecular flexibility index (Phi) is 5.72. The molecule has 1 fully saturated rings. The van der Waals surface area contributed by atoms with Crippen molar-refractivity contribution in [2.75, 3.05) is 7.11 Å². The van der Waals surface area contributed by atoms with Crippen molar-refractivity contribution in [2.45, 2.75) is 45.6 Å². The fraction of sp³-hybridized carbons (Fsp3) is 0.381. The first kappa shape index (κ1) is 18.6. The third-order valence-electron chi connectivity index (χ3n) is 4.68. The second-order valence-corrected chi connectivity index (χ2v) is 6.91. The number of halogens is 1. The largest absolute Gasteiger partial charge is 0.513 e. The maximum atomic E-state index is 11.5. The normalized spacial score (nSPS) is 13.4. The molecule has 2 aromatic rings. The number of hydrogen-bond donors (Lipinski definition) is 0. The van der Waals surface area contributed by atoms with Gasteiger partial charge in [-0.15, -0.1) is 0 Å². The zero-order valence-corrected chi connectivity index (χ0v) is 16.1. The molecule has 1 aliphatic carbocycles. The summed E-state index contributed by atoms with van der Waals surface area (Å²) in [7, 11) is 1.29. The van der Waals surface area contributed by atoms with Gasteiger partial charge in [-0.1, -0.05) is 36.7 Å². The lowest BCUT2D eigenvalue weighted by Gasteiger charge is -2.16. The lowest BCUT2D eigenvalue weighted by atomic mass is 10.0. The summed E-state index contributed by atoms with van der Waals surface area (Å²) in [6, 6.07) is 9.60. The van der Waals surface area contributed by atoms with Crippen LogP contribution >= 0.6 is 11.6 Å². The molecule has 0 heterocycles. The smallest absolute Gasteiger partial charge is 0.488 e. The van der Waals surface area contributed by atoms with Crippen LogP contribution in [-0.2, 0) is 17.8 Å². The van der Waals surface area contributed by atoms with Gasteiger partial charge in [-0.3, -0.25) is 0 Å². The van der Waals surface area contributed by atoms with Crippen LogP contribution in [0.3, 0.4) is 0 Å². The summed E-state index contributed by atoms with van der Waals surface area (Å²) in [6.07, 6.45) is 2.52. The van der Waals surface area contributed by atoms with Gasteiger partial charge in [-0.2, -0.15) is 0 Å². The number of ether oxygens (including phenoxy) is 3. The molecule has 1 aliphatic rings. The second-order valence-electron chi connectivity index (χ2n) is 6.51. The zero-order chi connectivity index (χ0) is 18.7. The molecule has 0 atom stereocenters. The molecular formula is C21H23ClO4. The molecule has 0 aromatic heterocycles. The summed E-state index contributed by atoms with van der Waals surface area (Å²) >= 11 is 6.39. The van der Waals surface area contributed by atoms with Crippen LogP contribution in [0, 0.1) is 6.92 Å². The SMILES string of the molecule is CCc1cc(C2CC2)c(OCc2c(C)cccc2OC(=O)OC)cc1Cl. The Morgan fingerprint density at radius 1 is 1.23 bits per heavy atom. The highest BCUT2D eigenvalue weighted by molar-refractivity contribution is 6.31. The van der Waals surface area contributed by atoms with Crippen LogP contribution in [0.25, 0.3) is 0 Å². The van der Waals surface area contributed by atoms with Gasteiger partial charge in [0.25, 0.3) is 0 Å². The zero-order valence-electron chi connectivity index (χ0n) is 15.3. The number of aryl methyl sites for hydroxylation is 2. The highest BCUT2D eigenvalue weighted by atomic mass is 35.5. The van der Waals surface area contributed by atoms with E-state index in [1.807, 2.05) is 25.1 Å². The predicted molar refractivity (Wildman–Crippen MR) is 101 cm³/mol. The highest BCUT2D eigenvalue weighted by Crippen LogP contribution is 2.46. The lowest BCUT2D eigenvalue weighted by Crippen LogP contribution is -2.11. The van der Waals surface area contributed by atoms with Crippen LogP contribution in [0.1, 0.15) is 47.9 Å². The molecule has 0 unspecified atom stereocenters. The molecule has 5 heteroatoms. The number of benzene rings is 2. The number of methoxy groups -OCH3 is 1. The molecule has 1 saturated carbocycles. The number of carbonyl (C=O) groups is 1. The molecule has 0 bridgehead atoms. The van der Waals surface area contributed by atoms with Crippen LogP contribution in [0.2, 0.25) is 5.02 Å². The lowest BCUT2D eigenvalue weighted by molar-refractivity contribution is 0.120. The van der Waals surface area contributed by atoms with Gasteiger partial charge in [0.15, 0.2) is 0 Å². The minimum absolute atomic E-state index is 0.292. The van der Waals surface area contributed by atoms with Crippen LogP contribution in [-0.4, -0.2) is 13.3 Å². The Bertz CT molecular complexity index is 812. The first-order chi connectivity index (χ1) is 12.5. The average molecular weight is 375 g/mol. The van der Waals surface area contributed by atoms with Gasteiger partial charge in [-0.05, 0) is 60.9 Å². The van der Waals surface area contributed by atoms with Gasteiger partial charge < -0.3 is 14.2 Å². The number of rotatable bonds is 6. The Morgan fingerprint density at radius 3 is 2.65 bits per heavy atom. The molecule has 4 nitrogen and oxygen atoms in total. The molecule has 0 N–H and O–H groups in total. The van der Waals surface area contributed by atoms with Crippen LogP contribution in [0.4, 0.5) is 4.79 Å². The molecule has 0 radical (unpaired) electrons. The molecule has 0 amide bonds. The van der Waals surface area contributed by atoms with Crippen LogP contribution < -0.4 is 9.47 Å². The van der Waals surface area contributed by atoms with Gasteiger partial charge in [0.1, 0.15) is 18.1 Å².